The van der Waals surface area contributed by atoms with Gasteiger partial charge in [0.2, 0.25) is 0 Å². The Morgan fingerprint density at radius 3 is 1.16 bits per heavy atom. The lowest BCUT2D eigenvalue weighted by Gasteiger charge is -2.28. The van der Waals surface area contributed by atoms with Crippen LogP contribution in [0.15, 0.2) is 109 Å². The van der Waals surface area contributed by atoms with Gasteiger partial charge in [0, 0.05) is 12.8 Å². The molecule has 2 atom stereocenters. The minimum absolute atomic E-state index is 0.0404. The molecule has 10 heteroatoms. The molecule has 0 aliphatic heterocycles. The number of unbranched alkanes of at least 4 members (excludes halogenated alkanes) is 17. The molecular weight excluding hydrogens is 894 g/mol. The minimum atomic E-state index is -4.64. The summed E-state index contributed by atoms with van der Waals surface area (Å²) in [5.74, 6) is -0.875. The van der Waals surface area contributed by atoms with Crippen LogP contribution in [0.4, 0.5) is 0 Å². The van der Waals surface area contributed by atoms with Gasteiger partial charge in [-0.3, -0.25) is 14.2 Å². The maximum Gasteiger partial charge on any atom is 0.306 e. The monoisotopic (exact) mass is 996 g/mol. The predicted octanol–water partition coefficient (Wildman–Crippen LogP) is 16.4. The van der Waals surface area contributed by atoms with Gasteiger partial charge in [-0.2, -0.15) is 0 Å². The molecule has 0 amide bonds. The van der Waals surface area contributed by atoms with Gasteiger partial charge >= 0.3 is 11.9 Å². The Morgan fingerprint density at radius 2 is 0.771 bits per heavy atom. The summed E-state index contributed by atoms with van der Waals surface area (Å²) in [7, 11) is 1.14. The number of nitrogens with zero attached hydrogens (tertiary/aromatic N) is 1. The molecule has 0 heterocycles. The Balaban J connectivity index is 4.11. The van der Waals surface area contributed by atoms with Crippen molar-refractivity contribution in [1.82, 2.24) is 0 Å². The maximum atomic E-state index is 12.8. The highest BCUT2D eigenvalue weighted by molar-refractivity contribution is 7.45. The number of quaternary nitrogens is 1. The number of esters is 2. The summed E-state index contributed by atoms with van der Waals surface area (Å²) in [5, 5.41) is 0. The number of hydrogen-bond donors (Lipinski definition) is 0. The maximum absolute atomic E-state index is 12.8. The average molecular weight is 996 g/mol. The summed E-state index contributed by atoms with van der Waals surface area (Å²) < 4.78 is 34.0. The number of phosphoric acid groups is 1. The van der Waals surface area contributed by atoms with E-state index in [4.69, 9.17) is 18.5 Å². The van der Waals surface area contributed by atoms with Gasteiger partial charge in [-0.1, -0.05) is 207 Å². The van der Waals surface area contributed by atoms with E-state index in [0.717, 1.165) is 96.3 Å². The molecule has 0 aliphatic rings. The lowest BCUT2D eigenvalue weighted by Crippen LogP contribution is -2.37. The summed E-state index contributed by atoms with van der Waals surface area (Å²) in [6, 6.07) is 0. The van der Waals surface area contributed by atoms with Gasteiger partial charge in [-0.15, -0.1) is 0 Å². The van der Waals surface area contributed by atoms with Crippen molar-refractivity contribution in [2.45, 2.75) is 213 Å². The highest BCUT2D eigenvalue weighted by Gasteiger charge is 2.21. The molecule has 0 rings (SSSR count). The van der Waals surface area contributed by atoms with Gasteiger partial charge in [0.15, 0.2) is 6.10 Å². The molecule has 0 bridgehead atoms. The molecule has 0 aromatic heterocycles. The molecule has 0 aromatic rings. The highest BCUT2D eigenvalue weighted by atomic mass is 31.2. The van der Waals surface area contributed by atoms with Crippen LogP contribution in [0, 0.1) is 0 Å². The van der Waals surface area contributed by atoms with Gasteiger partial charge in [0.1, 0.15) is 19.8 Å². The van der Waals surface area contributed by atoms with Crippen molar-refractivity contribution in [2.24, 2.45) is 0 Å². The van der Waals surface area contributed by atoms with Crippen LogP contribution in [0.2, 0.25) is 0 Å². The fourth-order valence-corrected chi connectivity index (χ4v) is 7.81. The topological polar surface area (TPSA) is 111 Å². The number of hydrogen-bond acceptors (Lipinski definition) is 8. The molecule has 9 nitrogen and oxygen atoms in total. The second kappa shape index (κ2) is 50.6. The number of carbonyl (C=O) groups is 2. The normalized spacial score (nSPS) is 14.2. The molecule has 0 spiro atoms. The average Bonchev–Trinajstić information content (AvgIpc) is 3.32. The molecule has 0 saturated carbocycles. The van der Waals surface area contributed by atoms with E-state index < -0.39 is 32.5 Å². The standard InChI is InChI=1S/C60H102NO8P/c1-6-8-10-12-14-16-18-20-21-22-23-24-25-26-27-28-29-30-31-32-33-34-35-36-37-38-39-41-43-45-47-49-51-53-60(63)69-58(57-68-70(64,65)67-55-54-61(3,4)5)56-66-59(62)52-50-48-46-44-42-40-19-17-15-13-11-9-7-2/h8-11,14-17,20-21,23-24,26-27,29-30,40,42,58H,6-7,12-13,18-19,22,25,28,31-39,41,43-57H2,1-5H3/b10-8-,11-9-,16-14-,17-15-,21-20-,24-23-,27-26-,30-29-,42-40-. The third kappa shape index (κ3) is 54.0. The highest BCUT2D eigenvalue weighted by Crippen LogP contribution is 2.38. The molecule has 0 radical (unpaired) electrons. The molecule has 0 N–H and O–H groups in total. The molecule has 0 aromatic carbocycles. The summed E-state index contributed by atoms with van der Waals surface area (Å²) in [6.45, 7) is 3.96. The smallest absolute Gasteiger partial charge is 0.306 e. The van der Waals surface area contributed by atoms with Crippen LogP contribution in [0.3, 0.4) is 0 Å². The van der Waals surface area contributed by atoms with E-state index in [9.17, 15) is 19.0 Å². The van der Waals surface area contributed by atoms with Crippen LogP contribution in [0.5, 0.6) is 0 Å². The zero-order valence-corrected chi connectivity index (χ0v) is 46.1. The zero-order valence-electron chi connectivity index (χ0n) is 45.2. The molecule has 0 saturated heterocycles. The van der Waals surface area contributed by atoms with Gasteiger partial charge in [0.05, 0.1) is 27.7 Å². The van der Waals surface area contributed by atoms with E-state index >= 15 is 0 Å². The first kappa shape index (κ1) is 66.7. The van der Waals surface area contributed by atoms with Crippen molar-refractivity contribution in [3.63, 3.8) is 0 Å². The van der Waals surface area contributed by atoms with Crippen molar-refractivity contribution in [1.29, 1.82) is 0 Å². The molecular formula is C60H102NO8P. The Morgan fingerprint density at radius 1 is 0.443 bits per heavy atom. The van der Waals surface area contributed by atoms with E-state index in [2.05, 4.69) is 123 Å². The van der Waals surface area contributed by atoms with Gasteiger partial charge < -0.3 is 27.9 Å². The second-order valence-electron chi connectivity index (χ2n) is 19.2. The lowest BCUT2D eigenvalue weighted by atomic mass is 10.0. The van der Waals surface area contributed by atoms with Crippen molar-refractivity contribution < 1.29 is 42.1 Å². The Bertz CT molecular complexity index is 1550. The second-order valence-corrected chi connectivity index (χ2v) is 20.6. The summed E-state index contributed by atoms with van der Waals surface area (Å²) in [5.41, 5.74) is 0. The van der Waals surface area contributed by atoms with Crippen molar-refractivity contribution in [3.05, 3.63) is 109 Å². The zero-order chi connectivity index (χ0) is 51.3. The first-order valence-electron chi connectivity index (χ1n) is 27.6. The van der Waals surface area contributed by atoms with Crippen LogP contribution in [0.25, 0.3) is 0 Å². The number of phosphoric ester groups is 1. The SMILES string of the molecule is CC/C=C\C/C=C\C/C=C\C/C=C\C/C=C\C/C=C\CCCCCCCCCCCCCCCCC(=O)OC(COC(=O)CCCCC/C=C\C/C=C\C/C=C\CC)COP(=O)([O-])OCC[N+](C)(C)C. The van der Waals surface area contributed by atoms with E-state index in [1.165, 1.54) is 70.6 Å². The largest absolute Gasteiger partial charge is 0.756 e. The van der Waals surface area contributed by atoms with Gasteiger partial charge in [-0.25, -0.2) is 0 Å². The molecule has 2 unspecified atom stereocenters. The van der Waals surface area contributed by atoms with E-state index in [0.29, 0.717) is 23.9 Å². The fraction of sp³-hybridized carbons (Fsp3) is 0.667. The Labute approximate surface area is 429 Å². The van der Waals surface area contributed by atoms with E-state index in [1.807, 2.05) is 21.1 Å². The minimum Gasteiger partial charge on any atom is -0.756 e. The van der Waals surface area contributed by atoms with Crippen LogP contribution < -0.4 is 4.89 Å². The van der Waals surface area contributed by atoms with E-state index in [1.54, 1.807) is 0 Å². The molecule has 70 heavy (non-hydrogen) atoms. The van der Waals surface area contributed by atoms with E-state index in [-0.39, 0.29) is 26.1 Å². The fourth-order valence-electron chi connectivity index (χ4n) is 7.08. The Kier molecular flexibility index (Phi) is 48.2. The number of rotatable bonds is 49. The number of likely N-dealkylation sites (N-methyl/N-ethyl adjacent to an activating group) is 1. The van der Waals surface area contributed by atoms with Crippen LogP contribution >= 0.6 is 7.82 Å². The number of allylic oxidation sites excluding steroid dienone is 18. The third-order valence-corrected chi connectivity index (χ3v) is 12.3. The van der Waals surface area contributed by atoms with Gasteiger partial charge in [0.25, 0.3) is 7.82 Å². The summed E-state index contributed by atoms with van der Waals surface area (Å²) in [6.07, 6.45) is 70.0. The first-order valence-corrected chi connectivity index (χ1v) is 29.1. The number of carbonyl (C=O) groups excluding carboxylic acids is 2. The van der Waals surface area contributed by atoms with Crippen LogP contribution in [0.1, 0.15) is 206 Å². The Hall–Kier alpha value is -3.33. The first-order chi connectivity index (χ1) is 34.0. The summed E-state index contributed by atoms with van der Waals surface area (Å²) >= 11 is 0. The molecule has 0 aliphatic carbocycles. The van der Waals surface area contributed by atoms with Gasteiger partial charge in [-0.05, 0) is 96.3 Å². The predicted molar refractivity (Wildman–Crippen MR) is 295 cm³/mol. The lowest BCUT2D eigenvalue weighted by molar-refractivity contribution is -0.870. The molecule has 0 fully saturated rings. The quantitative estimate of drug-likeness (QED) is 0.0195. The number of ether oxygens (including phenoxy) is 2. The van der Waals surface area contributed by atoms with Crippen molar-refractivity contribution in [3.8, 4) is 0 Å². The third-order valence-electron chi connectivity index (χ3n) is 11.3. The van der Waals surface area contributed by atoms with Crippen LogP contribution in [-0.4, -0.2) is 70.0 Å². The van der Waals surface area contributed by atoms with Crippen molar-refractivity contribution >= 4 is 19.8 Å². The summed E-state index contributed by atoms with van der Waals surface area (Å²) in [4.78, 5) is 37.7. The van der Waals surface area contributed by atoms with Crippen LogP contribution in [-0.2, 0) is 32.7 Å². The van der Waals surface area contributed by atoms with Crippen molar-refractivity contribution in [2.75, 3.05) is 47.5 Å². The molecule has 400 valence electrons.